The first-order chi connectivity index (χ1) is 14.4. The van der Waals surface area contributed by atoms with Gasteiger partial charge >= 0.3 is 0 Å². The third-order valence-electron chi connectivity index (χ3n) is 6.13. The maximum atomic E-state index is 11.9. The minimum atomic E-state index is -0.439. The molecule has 0 saturated carbocycles. The average Bonchev–Trinajstić information content (AvgIpc) is 2.70. The van der Waals surface area contributed by atoms with Gasteiger partial charge in [0.25, 0.3) is 0 Å². The lowest BCUT2D eigenvalue weighted by atomic mass is 9.63. The molecule has 1 aromatic carbocycles. The van der Waals surface area contributed by atoms with Gasteiger partial charge in [0.05, 0.1) is 0 Å². The van der Waals surface area contributed by atoms with E-state index in [2.05, 4.69) is 66.2 Å². The number of aliphatic imine (C=N–C) groups is 1. The Morgan fingerprint density at radius 1 is 1.23 bits per heavy atom. The summed E-state index contributed by atoms with van der Waals surface area (Å²) in [4.78, 5) is 22.2. The molecule has 2 aliphatic rings. The number of nitrogens with zero attached hydrogens (tertiary/aromatic N) is 2. The van der Waals surface area contributed by atoms with E-state index in [4.69, 9.17) is 4.99 Å². The lowest BCUT2D eigenvalue weighted by Crippen LogP contribution is -2.40. The molecular weight excluding hydrogens is 370 g/mol. The minimum Gasteiger partial charge on any atom is -0.378 e. The molecule has 0 fully saturated rings. The molecule has 4 nitrogen and oxygen atoms in total. The fraction of sp³-hybridized carbons (Fsp3) is 0.308. The zero-order valence-electron chi connectivity index (χ0n) is 18.1. The summed E-state index contributed by atoms with van der Waals surface area (Å²) in [6.45, 7) is 4.28. The summed E-state index contributed by atoms with van der Waals surface area (Å²) >= 11 is 0. The molecule has 154 valence electrons. The van der Waals surface area contributed by atoms with E-state index in [0.717, 1.165) is 29.7 Å². The molecule has 2 atom stereocenters. The van der Waals surface area contributed by atoms with Crippen molar-refractivity contribution in [2.75, 3.05) is 19.0 Å². The maximum absolute atomic E-state index is 11.9. The van der Waals surface area contributed by atoms with Crippen LogP contribution in [0.1, 0.15) is 37.1 Å². The second kappa shape index (κ2) is 7.94. The normalized spacial score (nSPS) is 24.3. The Balaban J connectivity index is 1.73. The van der Waals surface area contributed by atoms with Gasteiger partial charge in [-0.25, -0.2) is 0 Å². The largest absolute Gasteiger partial charge is 0.378 e. The monoisotopic (exact) mass is 399 g/mol. The van der Waals surface area contributed by atoms with E-state index in [1.165, 1.54) is 16.8 Å². The Labute approximate surface area is 178 Å². The predicted octanol–water partition coefficient (Wildman–Crippen LogP) is 4.89. The molecule has 1 N–H and O–H groups in total. The highest BCUT2D eigenvalue weighted by Gasteiger charge is 2.46. The summed E-state index contributed by atoms with van der Waals surface area (Å²) in [5.74, 6) is 0.284. The van der Waals surface area contributed by atoms with E-state index in [1.54, 1.807) is 6.07 Å². The number of aromatic amines is 1. The molecule has 4 heteroatoms. The van der Waals surface area contributed by atoms with Crippen molar-refractivity contribution in [1.29, 1.82) is 0 Å². The summed E-state index contributed by atoms with van der Waals surface area (Å²) in [5.41, 5.74) is 6.64. The lowest BCUT2D eigenvalue weighted by Gasteiger charge is -2.45. The number of aromatic nitrogens is 1. The molecule has 0 amide bonds. The highest BCUT2D eigenvalue weighted by atomic mass is 16.1. The van der Waals surface area contributed by atoms with Gasteiger partial charge in [-0.2, -0.15) is 0 Å². The fourth-order valence-corrected chi connectivity index (χ4v) is 4.88. The number of benzene rings is 1. The van der Waals surface area contributed by atoms with Crippen molar-refractivity contribution in [2.45, 2.75) is 32.2 Å². The smallest absolute Gasteiger partial charge is 0.248 e. The Morgan fingerprint density at radius 2 is 2.07 bits per heavy atom. The van der Waals surface area contributed by atoms with Gasteiger partial charge in [0.2, 0.25) is 5.56 Å². The fourth-order valence-electron chi connectivity index (χ4n) is 4.88. The quantitative estimate of drug-likeness (QED) is 0.588. The van der Waals surface area contributed by atoms with Gasteiger partial charge < -0.3 is 9.88 Å². The van der Waals surface area contributed by atoms with Gasteiger partial charge in [0, 0.05) is 55.7 Å². The molecule has 2 unspecified atom stereocenters. The zero-order chi connectivity index (χ0) is 21.3. The molecule has 1 heterocycles. The van der Waals surface area contributed by atoms with E-state index >= 15 is 0 Å². The number of rotatable bonds is 4. The van der Waals surface area contributed by atoms with Crippen LogP contribution in [0.2, 0.25) is 0 Å². The summed E-state index contributed by atoms with van der Waals surface area (Å²) in [5, 5.41) is 0. The van der Waals surface area contributed by atoms with Crippen molar-refractivity contribution in [3.63, 3.8) is 0 Å². The van der Waals surface area contributed by atoms with Crippen molar-refractivity contribution in [2.24, 2.45) is 10.9 Å². The number of anilines is 1. The second-order valence-corrected chi connectivity index (χ2v) is 8.45. The van der Waals surface area contributed by atoms with Gasteiger partial charge in [-0.1, -0.05) is 35.9 Å². The molecule has 0 aliphatic heterocycles. The maximum Gasteiger partial charge on any atom is 0.248 e. The Kier molecular flexibility index (Phi) is 5.33. The number of fused-ring (bicyclic) bond motifs is 4. The summed E-state index contributed by atoms with van der Waals surface area (Å²) in [6, 6.07) is 12.0. The third-order valence-corrected chi connectivity index (χ3v) is 6.13. The topological polar surface area (TPSA) is 48.5 Å². The van der Waals surface area contributed by atoms with Crippen LogP contribution < -0.4 is 10.5 Å². The molecule has 1 aromatic heterocycles. The Morgan fingerprint density at radius 3 is 2.83 bits per heavy atom. The molecular formula is C26H29N3O. The molecule has 2 bridgehead atoms. The lowest BCUT2D eigenvalue weighted by molar-refractivity contribution is 0.413. The van der Waals surface area contributed by atoms with Crippen LogP contribution in [0.25, 0.3) is 6.08 Å². The predicted molar refractivity (Wildman–Crippen MR) is 126 cm³/mol. The van der Waals surface area contributed by atoms with E-state index in [1.807, 2.05) is 32.5 Å². The number of hydrogen-bond donors (Lipinski definition) is 1. The van der Waals surface area contributed by atoms with E-state index in [9.17, 15) is 4.79 Å². The second-order valence-electron chi connectivity index (χ2n) is 8.45. The van der Waals surface area contributed by atoms with Crippen LogP contribution >= 0.6 is 0 Å². The van der Waals surface area contributed by atoms with Crippen LogP contribution in [-0.2, 0) is 12.0 Å². The van der Waals surface area contributed by atoms with Crippen molar-refractivity contribution in [1.82, 2.24) is 4.98 Å². The molecule has 0 radical (unpaired) electrons. The van der Waals surface area contributed by atoms with E-state index in [0.29, 0.717) is 0 Å². The summed E-state index contributed by atoms with van der Waals surface area (Å²) in [6.07, 6.45) is 12.2. The van der Waals surface area contributed by atoms with Crippen LogP contribution in [0, 0.1) is 5.92 Å². The van der Waals surface area contributed by atoms with E-state index in [-0.39, 0.29) is 11.5 Å². The summed E-state index contributed by atoms with van der Waals surface area (Å²) in [7, 11) is 4.09. The van der Waals surface area contributed by atoms with Crippen molar-refractivity contribution >= 4 is 18.0 Å². The van der Waals surface area contributed by atoms with Gasteiger partial charge in [-0.15, -0.1) is 0 Å². The number of pyridine rings is 1. The first-order valence-electron chi connectivity index (χ1n) is 10.5. The van der Waals surface area contributed by atoms with Crippen LogP contribution in [0.5, 0.6) is 0 Å². The van der Waals surface area contributed by atoms with Crippen LogP contribution in [0.4, 0.5) is 5.69 Å². The SMILES string of the molecule is C/C=C1\C2C=C(C)CC1(/N=C/C=C/c1cccc(N(C)C)c1)c1ccc(=O)[nH]c1C2. The van der Waals surface area contributed by atoms with Gasteiger partial charge in [0.15, 0.2) is 0 Å². The first kappa shape index (κ1) is 20.1. The number of H-pyrrole nitrogens is 1. The molecule has 30 heavy (non-hydrogen) atoms. The number of nitrogens with one attached hydrogen (secondary N) is 1. The summed E-state index contributed by atoms with van der Waals surface area (Å²) < 4.78 is 0. The highest BCUT2D eigenvalue weighted by Crippen LogP contribution is 2.51. The first-order valence-corrected chi connectivity index (χ1v) is 10.5. The molecule has 4 rings (SSSR count). The van der Waals surface area contributed by atoms with Crippen LogP contribution in [-0.4, -0.2) is 25.3 Å². The van der Waals surface area contributed by atoms with Crippen molar-refractivity contribution < 1.29 is 0 Å². The van der Waals surface area contributed by atoms with Gasteiger partial charge in [0.1, 0.15) is 5.54 Å². The number of hydrogen-bond acceptors (Lipinski definition) is 3. The molecule has 0 saturated heterocycles. The highest BCUT2D eigenvalue weighted by molar-refractivity contribution is 5.80. The molecule has 0 spiro atoms. The van der Waals surface area contributed by atoms with Crippen LogP contribution in [0.15, 0.2) is 75.6 Å². The minimum absolute atomic E-state index is 0.0451. The Hall–Kier alpha value is -3.14. The Bertz CT molecular complexity index is 1130. The molecule has 2 aliphatic carbocycles. The standard InChI is InChI=1S/C26H29N3O/c1-5-22-20-14-18(2)17-26(22,23-11-12-25(30)28-24(23)16-20)27-13-7-9-19-8-6-10-21(15-19)29(3)4/h5-15,20H,16-17H2,1-4H3,(H,28,30)/b9-7+,22-5+,27-13+. The molecule has 2 aromatic rings. The van der Waals surface area contributed by atoms with Crippen LogP contribution in [0.3, 0.4) is 0 Å². The third kappa shape index (κ3) is 3.58. The van der Waals surface area contributed by atoms with E-state index < -0.39 is 5.54 Å². The van der Waals surface area contributed by atoms with Crippen molar-refractivity contribution in [3.05, 3.63) is 92.9 Å². The average molecular weight is 400 g/mol. The number of allylic oxidation sites excluding steroid dienone is 3. The van der Waals surface area contributed by atoms with Gasteiger partial charge in [-0.05, 0) is 55.7 Å². The van der Waals surface area contributed by atoms with Gasteiger partial charge in [-0.3, -0.25) is 9.79 Å². The zero-order valence-corrected chi connectivity index (χ0v) is 18.1. The van der Waals surface area contributed by atoms with Crippen molar-refractivity contribution in [3.8, 4) is 0 Å².